The van der Waals surface area contributed by atoms with Crippen molar-refractivity contribution >= 4 is 28.9 Å². The van der Waals surface area contributed by atoms with Crippen molar-refractivity contribution in [2.45, 2.75) is 25.7 Å². The van der Waals surface area contributed by atoms with Crippen LogP contribution in [0.2, 0.25) is 0 Å². The van der Waals surface area contributed by atoms with Gasteiger partial charge in [-0.3, -0.25) is 9.69 Å². The fraction of sp³-hybridized carbons (Fsp3) is 0.238. The molecule has 3 aromatic rings. The van der Waals surface area contributed by atoms with Crippen molar-refractivity contribution in [3.05, 3.63) is 68.7 Å². The lowest BCUT2D eigenvalue weighted by Crippen LogP contribution is -2.30. The number of rotatable bonds is 4. The highest BCUT2D eigenvalue weighted by Gasteiger charge is 2.31. The van der Waals surface area contributed by atoms with Crippen LogP contribution in [0.15, 0.2) is 36.0 Å². The van der Waals surface area contributed by atoms with E-state index in [0.717, 1.165) is 28.1 Å². The van der Waals surface area contributed by atoms with E-state index in [1.807, 2.05) is 0 Å². The zero-order chi connectivity index (χ0) is 22.9. The van der Waals surface area contributed by atoms with Gasteiger partial charge in [0.15, 0.2) is 0 Å². The molecule has 0 fully saturated rings. The van der Waals surface area contributed by atoms with Crippen molar-refractivity contribution in [3.63, 3.8) is 0 Å². The van der Waals surface area contributed by atoms with Crippen LogP contribution in [0.1, 0.15) is 37.5 Å². The van der Waals surface area contributed by atoms with Gasteiger partial charge in [0.25, 0.3) is 5.91 Å². The van der Waals surface area contributed by atoms with Crippen molar-refractivity contribution in [1.82, 2.24) is 14.9 Å². The molecule has 11 heteroatoms. The summed E-state index contributed by atoms with van der Waals surface area (Å²) in [5, 5.41) is 13.3. The molecule has 0 unspecified atom stereocenters. The Bertz CT molecular complexity index is 1200. The standard InChI is InChI=1S/C21H17F3N6OS/c22-21(23,24)14-3-12(6-25)4-15(5-14)29-19(31)17-11-32-18-10-30(2-1-16(17)18)9-13-7-27-20(26)28-8-13/h3-5,7-8,11H,1-2,9-10H2,(H,29,31)(H2,26,27,28). The molecule has 0 saturated carbocycles. The minimum absolute atomic E-state index is 0.0675. The average molecular weight is 458 g/mol. The number of nitrogens with zero attached hydrogens (tertiary/aromatic N) is 4. The number of fused-ring (bicyclic) bond motifs is 1. The van der Waals surface area contributed by atoms with E-state index in [-0.39, 0.29) is 17.2 Å². The number of benzene rings is 1. The maximum absolute atomic E-state index is 13.1. The molecule has 164 valence electrons. The first-order chi connectivity index (χ1) is 15.2. The number of hydrogen-bond acceptors (Lipinski definition) is 7. The number of nitrogens with two attached hydrogens (primary N) is 1. The molecular weight excluding hydrogens is 441 g/mol. The van der Waals surface area contributed by atoms with Crippen LogP contribution in [0.25, 0.3) is 0 Å². The van der Waals surface area contributed by atoms with E-state index in [9.17, 15) is 18.0 Å². The van der Waals surface area contributed by atoms with Crippen LogP contribution in [0.5, 0.6) is 0 Å². The summed E-state index contributed by atoms with van der Waals surface area (Å²) < 4.78 is 39.3. The van der Waals surface area contributed by atoms with Gasteiger partial charge in [-0.05, 0) is 30.2 Å². The van der Waals surface area contributed by atoms with Crippen molar-refractivity contribution in [3.8, 4) is 6.07 Å². The molecule has 1 aliphatic rings. The molecule has 1 amide bonds. The van der Waals surface area contributed by atoms with Crippen LogP contribution in [0.4, 0.5) is 24.8 Å². The van der Waals surface area contributed by atoms with Crippen LogP contribution in [0.3, 0.4) is 0 Å². The molecule has 0 radical (unpaired) electrons. The van der Waals surface area contributed by atoms with E-state index >= 15 is 0 Å². The number of amides is 1. The topological polar surface area (TPSA) is 108 Å². The SMILES string of the molecule is N#Cc1cc(NC(=O)c2csc3c2CCN(Cc2cnc(N)nc2)C3)cc(C(F)(F)F)c1. The van der Waals surface area contributed by atoms with Gasteiger partial charge in [-0.2, -0.15) is 18.4 Å². The lowest BCUT2D eigenvalue weighted by atomic mass is 10.0. The van der Waals surface area contributed by atoms with Crippen LogP contribution in [-0.2, 0) is 25.7 Å². The summed E-state index contributed by atoms with van der Waals surface area (Å²) in [5.41, 5.74) is 6.54. The van der Waals surface area contributed by atoms with Crippen molar-refractivity contribution in [1.29, 1.82) is 5.26 Å². The molecule has 3 heterocycles. The average Bonchev–Trinajstić information content (AvgIpc) is 3.18. The third-order valence-electron chi connectivity index (χ3n) is 5.05. The molecule has 0 aliphatic carbocycles. The third-order valence-corrected chi connectivity index (χ3v) is 6.06. The van der Waals surface area contributed by atoms with Gasteiger partial charge in [0.05, 0.1) is 22.8 Å². The highest BCUT2D eigenvalue weighted by Crippen LogP contribution is 2.33. The Morgan fingerprint density at radius 1 is 1.28 bits per heavy atom. The summed E-state index contributed by atoms with van der Waals surface area (Å²) in [6.45, 7) is 1.98. The predicted molar refractivity (Wildman–Crippen MR) is 113 cm³/mol. The van der Waals surface area contributed by atoms with E-state index in [4.69, 9.17) is 11.0 Å². The number of alkyl halides is 3. The Morgan fingerprint density at radius 2 is 2.03 bits per heavy atom. The van der Waals surface area contributed by atoms with E-state index in [1.54, 1.807) is 23.8 Å². The summed E-state index contributed by atoms with van der Waals surface area (Å²) in [6.07, 6.45) is -0.637. The highest BCUT2D eigenvalue weighted by molar-refractivity contribution is 7.10. The zero-order valence-electron chi connectivity index (χ0n) is 16.6. The summed E-state index contributed by atoms with van der Waals surface area (Å²) in [6, 6.07) is 4.50. The van der Waals surface area contributed by atoms with Gasteiger partial charge in [-0.15, -0.1) is 11.3 Å². The lowest BCUT2D eigenvalue weighted by Gasteiger charge is -2.27. The summed E-state index contributed by atoms with van der Waals surface area (Å²) in [5.74, 6) is -0.280. The smallest absolute Gasteiger partial charge is 0.368 e. The molecule has 32 heavy (non-hydrogen) atoms. The second kappa shape index (κ2) is 8.57. The predicted octanol–water partition coefficient (Wildman–Crippen LogP) is 3.82. The number of nitrogens with one attached hydrogen (secondary N) is 1. The molecule has 2 aromatic heterocycles. The van der Waals surface area contributed by atoms with Crippen LogP contribution < -0.4 is 11.1 Å². The van der Waals surface area contributed by atoms with Crippen molar-refractivity contribution in [2.75, 3.05) is 17.6 Å². The molecule has 4 rings (SSSR count). The normalized spacial score (nSPS) is 13.9. The summed E-state index contributed by atoms with van der Waals surface area (Å²) >= 11 is 1.44. The van der Waals surface area contributed by atoms with E-state index < -0.39 is 17.6 Å². The van der Waals surface area contributed by atoms with E-state index in [2.05, 4.69) is 20.2 Å². The number of halogens is 3. The molecular formula is C21H17F3N6OS. The number of aromatic nitrogens is 2. The lowest BCUT2D eigenvalue weighted by molar-refractivity contribution is -0.137. The van der Waals surface area contributed by atoms with E-state index in [0.29, 0.717) is 31.6 Å². The number of nitriles is 1. The first-order valence-corrected chi connectivity index (χ1v) is 10.4. The molecule has 0 bridgehead atoms. The minimum Gasteiger partial charge on any atom is -0.368 e. The van der Waals surface area contributed by atoms with Crippen molar-refractivity contribution in [2.24, 2.45) is 0 Å². The Labute approximate surface area is 185 Å². The summed E-state index contributed by atoms with van der Waals surface area (Å²) in [7, 11) is 0. The van der Waals surface area contributed by atoms with Crippen LogP contribution in [0, 0.1) is 11.3 Å². The van der Waals surface area contributed by atoms with Gasteiger partial charge in [-0.1, -0.05) is 0 Å². The summed E-state index contributed by atoms with van der Waals surface area (Å²) in [4.78, 5) is 24.0. The fourth-order valence-electron chi connectivity index (χ4n) is 3.54. The Hall–Kier alpha value is -3.49. The van der Waals surface area contributed by atoms with Gasteiger partial charge >= 0.3 is 6.18 Å². The second-order valence-corrected chi connectivity index (χ2v) is 8.29. The molecule has 0 spiro atoms. The molecule has 7 nitrogen and oxygen atoms in total. The highest BCUT2D eigenvalue weighted by atomic mass is 32.1. The van der Waals surface area contributed by atoms with Gasteiger partial charge in [0.2, 0.25) is 5.95 Å². The maximum atomic E-state index is 13.1. The van der Waals surface area contributed by atoms with Crippen LogP contribution >= 0.6 is 11.3 Å². The van der Waals surface area contributed by atoms with Gasteiger partial charge < -0.3 is 11.1 Å². The number of anilines is 2. The number of carbonyl (C=O) groups is 1. The molecule has 1 aliphatic heterocycles. The quantitative estimate of drug-likeness (QED) is 0.615. The number of hydrogen-bond donors (Lipinski definition) is 2. The molecule has 3 N–H and O–H groups in total. The van der Waals surface area contributed by atoms with Gasteiger partial charge in [0.1, 0.15) is 0 Å². The molecule has 1 aromatic carbocycles. The zero-order valence-corrected chi connectivity index (χ0v) is 17.4. The second-order valence-electron chi connectivity index (χ2n) is 7.32. The van der Waals surface area contributed by atoms with Gasteiger partial charge in [0, 0.05) is 53.5 Å². The van der Waals surface area contributed by atoms with Gasteiger partial charge in [-0.25, -0.2) is 9.97 Å². The Kier molecular flexibility index (Phi) is 5.82. The van der Waals surface area contributed by atoms with Crippen molar-refractivity contribution < 1.29 is 18.0 Å². The Morgan fingerprint density at radius 3 is 2.72 bits per heavy atom. The number of nitrogen functional groups attached to an aromatic ring is 1. The third kappa shape index (κ3) is 4.71. The number of thiophene rings is 1. The van der Waals surface area contributed by atoms with Crippen LogP contribution in [-0.4, -0.2) is 27.3 Å². The first-order valence-electron chi connectivity index (χ1n) is 9.54. The maximum Gasteiger partial charge on any atom is 0.416 e. The monoisotopic (exact) mass is 458 g/mol. The minimum atomic E-state index is -4.62. The fourth-order valence-corrected chi connectivity index (χ4v) is 4.66. The van der Waals surface area contributed by atoms with E-state index in [1.165, 1.54) is 17.4 Å². The largest absolute Gasteiger partial charge is 0.416 e. The Balaban J connectivity index is 1.49. The molecule has 0 saturated heterocycles. The molecule has 0 atom stereocenters. The number of carbonyl (C=O) groups excluding carboxylic acids is 1. The first kappa shape index (κ1) is 21.7.